The first-order chi connectivity index (χ1) is 12.6. The maximum absolute atomic E-state index is 12.1. The molecule has 0 aliphatic heterocycles. The van der Waals surface area contributed by atoms with Crippen LogP contribution in [-0.4, -0.2) is 18.0 Å². The van der Waals surface area contributed by atoms with Crippen molar-refractivity contribution in [3.05, 3.63) is 81.3 Å². The first-order valence-electron chi connectivity index (χ1n) is 7.94. The van der Waals surface area contributed by atoms with Crippen LogP contribution in [0.2, 0.25) is 0 Å². The molecule has 1 amide bonds. The highest BCUT2D eigenvalue weighted by molar-refractivity contribution is 9.10. The molecule has 1 aromatic heterocycles. The monoisotopic (exact) mass is 428 g/mol. The number of nitrogens with zero attached hydrogens (tertiary/aromatic N) is 1. The van der Waals surface area contributed by atoms with Crippen molar-refractivity contribution in [1.82, 2.24) is 4.98 Å². The number of carbonyl (C=O) groups excluding carboxylic acids is 1. The van der Waals surface area contributed by atoms with Gasteiger partial charge in [-0.1, -0.05) is 40.2 Å². The normalized spacial score (nSPS) is 10.8. The lowest BCUT2D eigenvalue weighted by Crippen LogP contribution is -2.07. The Kier molecular flexibility index (Phi) is 6.20. The van der Waals surface area contributed by atoms with Crippen LogP contribution in [0.5, 0.6) is 5.75 Å². The fourth-order valence-corrected chi connectivity index (χ4v) is 3.40. The lowest BCUT2D eigenvalue weighted by molar-refractivity contribution is -0.111. The molecular weight excluding hydrogens is 412 g/mol. The number of anilines is 1. The van der Waals surface area contributed by atoms with Crippen molar-refractivity contribution in [2.45, 2.75) is 6.42 Å². The molecule has 2 aromatic carbocycles. The minimum atomic E-state index is -0.203. The molecule has 0 saturated carbocycles. The topological polar surface area (TPSA) is 51.2 Å². The number of halogens is 1. The Bertz CT molecular complexity index is 902. The molecule has 1 heterocycles. The molecule has 6 heteroatoms. The molecule has 4 nitrogen and oxygen atoms in total. The van der Waals surface area contributed by atoms with E-state index in [9.17, 15) is 4.79 Å². The summed E-state index contributed by atoms with van der Waals surface area (Å²) in [5.41, 5.74) is 2.13. The van der Waals surface area contributed by atoms with E-state index in [-0.39, 0.29) is 5.91 Å². The third kappa shape index (κ3) is 5.28. The Morgan fingerprint density at radius 1 is 1.19 bits per heavy atom. The van der Waals surface area contributed by atoms with Crippen molar-refractivity contribution in [2.75, 3.05) is 12.4 Å². The summed E-state index contributed by atoms with van der Waals surface area (Å²) in [4.78, 5) is 17.4. The van der Waals surface area contributed by atoms with Crippen molar-refractivity contribution in [2.24, 2.45) is 0 Å². The molecule has 0 radical (unpaired) electrons. The zero-order valence-electron chi connectivity index (χ0n) is 14.1. The molecule has 3 rings (SSSR count). The lowest BCUT2D eigenvalue weighted by Gasteiger charge is -1.99. The van der Waals surface area contributed by atoms with Gasteiger partial charge in [0.2, 0.25) is 5.91 Å². The smallest absolute Gasteiger partial charge is 0.250 e. The molecular formula is C20H17BrN2O2S. The minimum absolute atomic E-state index is 0.203. The van der Waals surface area contributed by atoms with Crippen LogP contribution in [0.4, 0.5) is 5.13 Å². The van der Waals surface area contributed by atoms with Gasteiger partial charge in [0.15, 0.2) is 5.13 Å². The van der Waals surface area contributed by atoms with Crippen LogP contribution in [0.15, 0.2) is 65.3 Å². The van der Waals surface area contributed by atoms with Gasteiger partial charge in [0.1, 0.15) is 5.75 Å². The number of methoxy groups -OCH3 is 1. The quantitative estimate of drug-likeness (QED) is 0.551. The van der Waals surface area contributed by atoms with Gasteiger partial charge in [-0.05, 0) is 41.5 Å². The Hall–Kier alpha value is -2.44. The third-order valence-corrected chi connectivity index (χ3v) is 5.06. The number of aromatic nitrogens is 1. The van der Waals surface area contributed by atoms with Gasteiger partial charge in [0.05, 0.1) is 7.11 Å². The molecule has 26 heavy (non-hydrogen) atoms. The number of ether oxygens (including phenoxy) is 1. The van der Waals surface area contributed by atoms with Gasteiger partial charge in [-0.3, -0.25) is 10.1 Å². The summed E-state index contributed by atoms with van der Waals surface area (Å²) in [5.74, 6) is 0.582. The molecule has 0 spiro atoms. The maximum Gasteiger partial charge on any atom is 0.250 e. The van der Waals surface area contributed by atoms with Crippen LogP contribution < -0.4 is 10.1 Å². The molecule has 132 valence electrons. The highest BCUT2D eigenvalue weighted by Crippen LogP contribution is 2.22. The van der Waals surface area contributed by atoms with Crippen molar-refractivity contribution in [3.8, 4) is 5.75 Å². The van der Waals surface area contributed by atoms with Crippen molar-refractivity contribution in [1.29, 1.82) is 0 Å². The summed E-state index contributed by atoms with van der Waals surface area (Å²) < 4.78 is 6.17. The second kappa shape index (κ2) is 8.78. The first kappa shape index (κ1) is 18.4. The fourth-order valence-electron chi connectivity index (χ4n) is 2.28. The molecule has 0 atom stereocenters. The zero-order chi connectivity index (χ0) is 18.4. The number of hydrogen-bond donors (Lipinski definition) is 1. The number of carbonyl (C=O) groups is 1. The molecule has 0 unspecified atom stereocenters. The summed E-state index contributed by atoms with van der Waals surface area (Å²) in [7, 11) is 1.62. The predicted molar refractivity (Wildman–Crippen MR) is 110 cm³/mol. The number of nitrogens with one attached hydrogen (secondary N) is 1. The molecule has 0 aliphatic carbocycles. The molecule has 1 N–H and O–H groups in total. The van der Waals surface area contributed by atoms with Crippen molar-refractivity contribution in [3.63, 3.8) is 0 Å². The average molecular weight is 429 g/mol. The van der Waals surface area contributed by atoms with E-state index in [1.165, 1.54) is 23.0 Å². The van der Waals surface area contributed by atoms with Crippen LogP contribution in [0.1, 0.15) is 16.0 Å². The molecule has 0 fully saturated rings. The van der Waals surface area contributed by atoms with E-state index in [0.29, 0.717) is 5.13 Å². The summed E-state index contributed by atoms with van der Waals surface area (Å²) in [5, 5.41) is 3.40. The summed E-state index contributed by atoms with van der Waals surface area (Å²) in [6, 6.07) is 15.7. The van der Waals surface area contributed by atoms with Gasteiger partial charge in [-0.15, -0.1) is 11.3 Å². The number of hydrogen-bond acceptors (Lipinski definition) is 4. The van der Waals surface area contributed by atoms with E-state index in [1.807, 2.05) is 36.4 Å². The third-order valence-electron chi connectivity index (χ3n) is 3.62. The number of amides is 1. The average Bonchev–Trinajstić information content (AvgIpc) is 3.09. The van der Waals surface area contributed by atoms with Gasteiger partial charge < -0.3 is 4.74 Å². The van der Waals surface area contributed by atoms with Crippen LogP contribution in [0, 0.1) is 0 Å². The zero-order valence-corrected chi connectivity index (χ0v) is 16.5. The number of rotatable bonds is 6. The highest BCUT2D eigenvalue weighted by atomic mass is 79.9. The SMILES string of the molecule is COc1ccc(/C=C\C(=O)Nc2ncc(Cc3ccc(Br)cc3)s2)cc1. The van der Waals surface area contributed by atoms with Gasteiger partial charge in [-0.25, -0.2) is 4.98 Å². The number of benzene rings is 2. The Morgan fingerprint density at radius 2 is 1.92 bits per heavy atom. The Labute approximate surface area is 164 Å². The van der Waals surface area contributed by atoms with E-state index in [1.54, 1.807) is 19.4 Å². The molecule has 0 aliphatic rings. The standard InChI is InChI=1S/C20H17BrN2O2S/c1-25-17-9-4-14(5-10-17)6-11-19(24)23-20-22-13-18(26-20)12-15-2-7-16(21)8-3-15/h2-11,13H,12H2,1H3,(H,22,23,24)/b11-6-. The van der Waals surface area contributed by atoms with Crippen LogP contribution in [-0.2, 0) is 11.2 Å². The largest absolute Gasteiger partial charge is 0.497 e. The van der Waals surface area contributed by atoms with E-state index >= 15 is 0 Å². The van der Waals surface area contributed by atoms with E-state index in [4.69, 9.17) is 4.74 Å². The van der Waals surface area contributed by atoms with Gasteiger partial charge >= 0.3 is 0 Å². The minimum Gasteiger partial charge on any atom is -0.497 e. The maximum atomic E-state index is 12.1. The van der Waals surface area contributed by atoms with Crippen LogP contribution in [0.3, 0.4) is 0 Å². The van der Waals surface area contributed by atoms with Crippen molar-refractivity contribution < 1.29 is 9.53 Å². The Balaban J connectivity index is 1.56. The van der Waals surface area contributed by atoms with Gasteiger partial charge in [0.25, 0.3) is 0 Å². The van der Waals surface area contributed by atoms with Gasteiger partial charge in [-0.2, -0.15) is 0 Å². The predicted octanol–water partition coefficient (Wildman–Crippen LogP) is 5.16. The van der Waals surface area contributed by atoms with E-state index in [0.717, 1.165) is 27.1 Å². The molecule has 0 bridgehead atoms. The van der Waals surface area contributed by atoms with Crippen molar-refractivity contribution >= 4 is 44.4 Å². The van der Waals surface area contributed by atoms with E-state index in [2.05, 4.69) is 38.4 Å². The lowest BCUT2D eigenvalue weighted by atomic mass is 10.1. The van der Waals surface area contributed by atoms with E-state index < -0.39 is 0 Å². The fraction of sp³-hybridized carbons (Fsp3) is 0.100. The molecule has 3 aromatic rings. The summed E-state index contributed by atoms with van der Waals surface area (Å²) in [6.45, 7) is 0. The second-order valence-corrected chi connectivity index (χ2v) is 7.56. The first-order valence-corrected chi connectivity index (χ1v) is 9.55. The number of thiazole rings is 1. The molecule has 0 saturated heterocycles. The van der Waals surface area contributed by atoms with Crippen LogP contribution >= 0.6 is 27.3 Å². The summed E-state index contributed by atoms with van der Waals surface area (Å²) >= 11 is 4.91. The van der Waals surface area contributed by atoms with Crippen LogP contribution in [0.25, 0.3) is 6.08 Å². The highest BCUT2D eigenvalue weighted by Gasteiger charge is 2.05. The Morgan fingerprint density at radius 3 is 2.62 bits per heavy atom. The summed E-state index contributed by atoms with van der Waals surface area (Å²) in [6.07, 6.45) is 5.85. The van der Waals surface area contributed by atoms with Gasteiger partial charge in [0, 0.05) is 28.0 Å². The second-order valence-electron chi connectivity index (χ2n) is 5.53.